The Balaban J connectivity index is 1.60. The number of nitrogens with zero attached hydrogens (tertiary/aromatic N) is 2. The Kier molecular flexibility index (Phi) is 3.31. The molecule has 2 aliphatic rings. The number of hydrogen-bond acceptors (Lipinski definition) is 4. The highest BCUT2D eigenvalue weighted by Gasteiger charge is 2.36. The fraction of sp³-hybridized carbons (Fsp3) is 0.714. The van der Waals surface area contributed by atoms with E-state index in [0.717, 1.165) is 24.3 Å². The summed E-state index contributed by atoms with van der Waals surface area (Å²) in [6.45, 7) is 1.84. The van der Waals surface area contributed by atoms with Crippen molar-refractivity contribution in [1.29, 1.82) is 0 Å². The largest absolute Gasteiger partial charge is 0.361 e. The number of aryl methyl sites for hydroxylation is 1. The zero-order valence-corrected chi connectivity index (χ0v) is 11.6. The van der Waals surface area contributed by atoms with Crippen LogP contribution in [0.3, 0.4) is 0 Å². The second-order valence-electron chi connectivity index (χ2n) is 5.87. The van der Waals surface area contributed by atoms with Crippen molar-refractivity contribution in [2.24, 2.45) is 0 Å². The smallest absolute Gasteiger partial charge is 0.228 e. The lowest BCUT2D eigenvalue weighted by Gasteiger charge is -2.35. The summed E-state index contributed by atoms with van der Waals surface area (Å²) < 4.78 is 5.00. The van der Waals surface area contributed by atoms with Crippen LogP contribution in [0.2, 0.25) is 0 Å². The van der Waals surface area contributed by atoms with Gasteiger partial charge < -0.3 is 14.7 Å². The molecule has 5 heteroatoms. The highest BCUT2D eigenvalue weighted by molar-refractivity contribution is 5.78. The number of hydrogen-bond donors (Lipinski definition) is 1. The molecule has 3 heterocycles. The molecule has 1 N–H and O–H groups in total. The zero-order chi connectivity index (χ0) is 13.4. The van der Waals surface area contributed by atoms with Crippen LogP contribution in [0.15, 0.2) is 10.6 Å². The Morgan fingerprint density at radius 3 is 2.74 bits per heavy atom. The lowest BCUT2D eigenvalue weighted by atomic mass is 9.98. The molecule has 2 bridgehead atoms. The maximum Gasteiger partial charge on any atom is 0.228 e. The first kappa shape index (κ1) is 12.7. The van der Waals surface area contributed by atoms with Gasteiger partial charge in [0.15, 0.2) is 0 Å². The van der Waals surface area contributed by atoms with Crippen LogP contribution in [0.25, 0.3) is 0 Å². The number of aromatic nitrogens is 1. The van der Waals surface area contributed by atoms with Crippen molar-refractivity contribution in [3.05, 3.63) is 17.5 Å². The van der Waals surface area contributed by atoms with Gasteiger partial charge in [-0.1, -0.05) is 5.16 Å². The molecule has 0 aliphatic carbocycles. The van der Waals surface area contributed by atoms with E-state index < -0.39 is 0 Å². The first-order valence-electron chi connectivity index (χ1n) is 7.05. The number of likely N-dealkylation sites (N-methyl/N-ethyl adjacent to an activating group) is 1. The van der Waals surface area contributed by atoms with Crippen molar-refractivity contribution in [2.75, 3.05) is 7.05 Å². The van der Waals surface area contributed by atoms with Crippen LogP contribution in [0, 0.1) is 6.92 Å². The number of piperidine rings is 1. The Bertz CT molecular complexity index is 459. The molecule has 1 aromatic rings. The molecule has 0 radical (unpaired) electrons. The molecule has 3 rings (SSSR count). The van der Waals surface area contributed by atoms with Crippen LogP contribution in [0.4, 0.5) is 0 Å². The number of rotatable bonds is 3. The molecule has 2 fully saturated rings. The molecule has 19 heavy (non-hydrogen) atoms. The highest BCUT2D eigenvalue weighted by Crippen LogP contribution is 2.29. The monoisotopic (exact) mass is 263 g/mol. The normalized spacial score (nSPS) is 29.5. The third-order valence-electron chi connectivity index (χ3n) is 4.40. The second kappa shape index (κ2) is 4.96. The summed E-state index contributed by atoms with van der Waals surface area (Å²) >= 11 is 0. The predicted molar refractivity (Wildman–Crippen MR) is 70.7 cm³/mol. The maximum atomic E-state index is 12.3. The van der Waals surface area contributed by atoms with Gasteiger partial charge >= 0.3 is 0 Å². The van der Waals surface area contributed by atoms with Crippen LogP contribution in [0.5, 0.6) is 0 Å². The molecule has 0 spiro atoms. The third kappa shape index (κ3) is 2.66. The van der Waals surface area contributed by atoms with Crippen LogP contribution >= 0.6 is 0 Å². The molecule has 1 amide bonds. The maximum absolute atomic E-state index is 12.3. The summed E-state index contributed by atoms with van der Waals surface area (Å²) in [6.07, 6.45) is 5.01. The molecule has 2 saturated heterocycles. The average Bonchev–Trinajstić information content (AvgIpc) is 2.94. The zero-order valence-electron chi connectivity index (χ0n) is 11.6. The van der Waals surface area contributed by atoms with Gasteiger partial charge in [-0.05, 0) is 32.6 Å². The fourth-order valence-corrected chi connectivity index (χ4v) is 3.33. The second-order valence-corrected chi connectivity index (χ2v) is 5.87. The van der Waals surface area contributed by atoms with Gasteiger partial charge in [0.1, 0.15) is 5.76 Å². The molecule has 0 saturated carbocycles. The lowest BCUT2D eigenvalue weighted by Crippen LogP contribution is -2.49. The Labute approximate surface area is 113 Å². The van der Waals surface area contributed by atoms with Crippen molar-refractivity contribution in [3.63, 3.8) is 0 Å². The van der Waals surface area contributed by atoms with Gasteiger partial charge in [0, 0.05) is 31.2 Å². The minimum Gasteiger partial charge on any atom is -0.361 e. The molecule has 2 aliphatic heterocycles. The average molecular weight is 263 g/mol. The summed E-state index contributed by atoms with van der Waals surface area (Å²) in [5.41, 5.74) is 0.728. The summed E-state index contributed by atoms with van der Waals surface area (Å²) in [5.74, 6) is 0.893. The van der Waals surface area contributed by atoms with Gasteiger partial charge in [-0.2, -0.15) is 0 Å². The molecule has 2 atom stereocenters. The third-order valence-corrected chi connectivity index (χ3v) is 4.40. The molecule has 1 aromatic heterocycles. The van der Waals surface area contributed by atoms with Crippen molar-refractivity contribution in [3.8, 4) is 0 Å². The lowest BCUT2D eigenvalue weighted by molar-refractivity contribution is -0.132. The predicted octanol–water partition coefficient (Wildman–Crippen LogP) is 1.27. The van der Waals surface area contributed by atoms with Gasteiger partial charge in [-0.25, -0.2) is 0 Å². The molecular formula is C14H21N3O2. The minimum absolute atomic E-state index is 0.139. The van der Waals surface area contributed by atoms with Crippen molar-refractivity contribution >= 4 is 5.91 Å². The van der Waals surface area contributed by atoms with Gasteiger partial charge in [0.2, 0.25) is 5.91 Å². The number of fused-ring (bicyclic) bond motifs is 2. The summed E-state index contributed by atoms with van der Waals surface area (Å²) in [5, 5.41) is 7.49. The minimum atomic E-state index is 0.139. The molecule has 104 valence electrons. The molecule has 5 nitrogen and oxygen atoms in total. The quantitative estimate of drug-likeness (QED) is 0.892. The summed E-state index contributed by atoms with van der Waals surface area (Å²) in [7, 11) is 1.92. The fourth-order valence-electron chi connectivity index (χ4n) is 3.33. The van der Waals surface area contributed by atoms with E-state index in [-0.39, 0.29) is 5.91 Å². The van der Waals surface area contributed by atoms with Gasteiger partial charge in [0.05, 0.1) is 12.1 Å². The van der Waals surface area contributed by atoms with Gasteiger partial charge in [-0.3, -0.25) is 4.79 Å². The summed E-state index contributed by atoms with van der Waals surface area (Å²) in [4.78, 5) is 14.2. The number of carbonyl (C=O) groups excluding carboxylic acids is 1. The van der Waals surface area contributed by atoms with Gasteiger partial charge in [-0.15, -0.1) is 0 Å². The first-order chi connectivity index (χ1) is 9.11. The van der Waals surface area contributed by atoms with Crippen LogP contribution in [0.1, 0.15) is 37.1 Å². The van der Waals surface area contributed by atoms with E-state index in [2.05, 4.69) is 10.5 Å². The molecular weight excluding hydrogens is 242 g/mol. The Morgan fingerprint density at radius 2 is 2.16 bits per heavy atom. The highest BCUT2D eigenvalue weighted by atomic mass is 16.5. The standard InChI is InChI=1S/C14H21N3O2/c1-9-5-12(16-19-9)8-14(18)17(2)13-6-10-3-4-11(7-13)15-10/h5,10-11,13,15H,3-4,6-8H2,1-2H3. The van der Waals surface area contributed by atoms with E-state index in [1.165, 1.54) is 12.8 Å². The van der Waals surface area contributed by atoms with E-state index in [9.17, 15) is 4.79 Å². The van der Waals surface area contributed by atoms with E-state index in [4.69, 9.17) is 4.52 Å². The van der Waals surface area contributed by atoms with E-state index in [1.807, 2.05) is 24.9 Å². The number of amides is 1. The Morgan fingerprint density at radius 1 is 1.47 bits per heavy atom. The van der Waals surface area contributed by atoms with Crippen LogP contribution < -0.4 is 5.32 Å². The number of carbonyl (C=O) groups is 1. The van der Waals surface area contributed by atoms with Crippen molar-refractivity contribution in [2.45, 2.75) is 57.2 Å². The first-order valence-corrected chi connectivity index (χ1v) is 7.05. The summed E-state index contributed by atoms with van der Waals surface area (Å²) in [6, 6.07) is 3.42. The molecule has 0 aromatic carbocycles. The van der Waals surface area contributed by atoms with Gasteiger partial charge in [0.25, 0.3) is 0 Å². The van der Waals surface area contributed by atoms with Crippen molar-refractivity contribution in [1.82, 2.24) is 15.4 Å². The van der Waals surface area contributed by atoms with Crippen molar-refractivity contribution < 1.29 is 9.32 Å². The Hall–Kier alpha value is -1.36. The van der Waals surface area contributed by atoms with Crippen LogP contribution in [-0.2, 0) is 11.2 Å². The van der Waals surface area contributed by atoms with E-state index in [1.54, 1.807) is 0 Å². The SMILES string of the molecule is Cc1cc(CC(=O)N(C)C2CC3CCC(C2)N3)no1. The van der Waals surface area contributed by atoms with E-state index >= 15 is 0 Å². The van der Waals surface area contributed by atoms with E-state index in [0.29, 0.717) is 24.5 Å². The topological polar surface area (TPSA) is 58.4 Å². The van der Waals surface area contributed by atoms with Crippen LogP contribution in [-0.4, -0.2) is 41.1 Å². The molecule has 2 unspecified atom stereocenters. The number of nitrogens with one attached hydrogen (secondary N) is 1.